The Hall–Kier alpha value is -3.40. The highest BCUT2D eigenvalue weighted by Gasteiger charge is 2.22. The Balaban J connectivity index is 1.81. The highest BCUT2D eigenvalue weighted by Crippen LogP contribution is 2.27. The number of sulfonamides is 1. The van der Waals surface area contributed by atoms with Gasteiger partial charge in [-0.2, -0.15) is 0 Å². The van der Waals surface area contributed by atoms with Crippen LogP contribution >= 0.6 is 11.6 Å². The zero-order chi connectivity index (χ0) is 25.4. The molecule has 0 aromatic heterocycles. The number of hydrogen-bond acceptors (Lipinski definition) is 5. The van der Waals surface area contributed by atoms with E-state index in [-0.39, 0.29) is 27.0 Å². The van der Waals surface area contributed by atoms with Crippen LogP contribution in [0.1, 0.15) is 32.7 Å². The van der Waals surface area contributed by atoms with Crippen LogP contribution in [-0.4, -0.2) is 40.5 Å². The summed E-state index contributed by atoms with van der Waals surface area (Å²) in [5.41, 5.74) is 1.78. The van der Waals surface area contributed by atoms with E-state index in [1.165, 1.54) is 18.2 Å². The number of para-hydroxylation sites is 2. The van der Waals surface area contributed by atoms with Crippen LogP contribution in [0.2, 0.25) is 5.02 Å². The van der Waals surface area contributed by atoms with Crippen molar-refractivity contribution in [2.75, 3.05) is 30.3 Å². The second-order valence-electron chi connectivity index (χ2n) is 7.67. The number of carbonyl (C=O) groups excluding carboxylic acids is 2. The Kier molecular flexibility index (Phi) is 8.86. The number of nitrogens with one attached hydrogen (secondary N) is 3. The summed E-state index contributed by atoms with van der Waals surface area (Å²) in [6.45, 7) is 2.70. The Labute approximate surface area is 209 Å². The van der Waals surface area contributed by atoms with Gasteiger partial charge in [0.2, 0.25) is 0 Å². The zero-order valence-electron chi connectivity index (χ0n) is 19.3. The van der Waals surface area contributed by atoms with Gasteiger partial charge in [0.15, 0.2) is 0 Å². The number of anilines is 2. The number of rotatable bonds is 10. The molecule has 0 saturated carbocycles. The van der Waals surface area contributed by atoms with Crippen molar-refractivity contribution in [3.8, 4) is 0 Å². The number of ether oxygens (including phenoxy) is 1. The monoisotopic (exact) mass is 515 g/mol. The molecule has 0 aliphatic rings. The molecule has 0 atom stereocenters. The van der Waals surface area contributed by atoms with Gasteiger partial charge in [0.05, 0.1) is 22.0 Å². The third-order valence-corrected chi connectivity index (χ3v) is 6.95. The Morgan fingerprint density at radius 1 is 0.943 bits per heavy atom. The van der Waals surface area contributed by atoms with E-state index in [1.807, 2.05) is 0 Å². The molecule has 0 aliphatic heterocycles. The largest absolute Gasteiger partial charge is 0.385 e. The minimum absolute atomic E-state index is 0.0292. The molecule has 35 heavy (non-hydrogen) atoms. The molecule has 0 fully saturated rings. The summed E-state index contributed by atoms with van der Waals surface area (Å²) in [4.78, 5) is 25.3. The van der Waals surface area contributed by atoms with Crippen molar-refractivity contribution in [1.82, 2.24) is 5.32 Å². The third kappa shape index (κ3) is 6.82. The van der Waals surface area contributed by atoms with Crippen molar-refractivity contribution in [2.24, 2.45) is 0 Å². The number of hydrogen-bond donors (Lipinski definition) is 3. The van der Waals surface area contributed by atoms with Crippen LogP contribution in [0.25, 0.3) is 0 Å². The van der Waals surface area contributed by atoms with Gasteiger partial charge >= 0.3 is 0 Å². The number of carbonyl (C=O) groups is 2. The molecular formula is C25H26ClN3O5S. The molecule has 0 radical (unpaired) electrons. The van der Waals surface area contributed by atoms with Crippen LogP contribution in [0.15, 0.2) is 71.6 Å². The molecule has 3 aromatic carbocycles. The SMILES string of the molecule is COCCCNC(=O)c1ccccc1NC(=O)c1ccc(Cl)c(S(=O)(=O)Nc2ccccc2C)c1. The summed E-state index contributed by atoms with van der Waals surface area (Å²) in [7, 11) is -2.49. The van der Waals surface area contributed by atoms with E-state index >= 15 is 0 Å². The minimum Gasteiger partial charge on any atom is -0.385 e. The van der Waals surface area contributed by atoms with Gasteiger partial charge < -0.3 is 15.4 Å². The van der Waals surface area contributed by atoms with Crippen molar-refractivity contribution in [3.63, 3.8) is 0 Å². The van der Waals surface area contributed by atoms with Gasteiger partial charge in [0.25, 0.3) is 21.8 Å². The van der Waals surface area contributed by atoms with E-state index in [2.05, 4.69) is 15.4 Å². The van der Waals surface area contributed by atoms with Crippen molar-refractivity contribution in [3.05, 3.63) is 88.4 Å². The molecule has 0 spiro atoms. The molecular weight excluding hydrogens is 490 g/mol. The van der Waals surface area contributed by atoms with Gasteiger partial charge in [-0.1, -0.05) is 41.9 Å². The number of methoxy groups -OCH3 is 1. The first kappa shape index (κ1) is 26.2. The van der Waals surface area contributed by atoms with Gasteiger partial charge in [-0.15, -0.1) is 0 Å². The Morgan fingerprint density at radius 3 is 2.34 bits per heavy atom. The summed E-state index contributed by atoms with van der Waals surface area (Å²) in [5, 5.41) is 5.43. The summed E-state index contributed by atoms with van der Waals surface area (Å²) in [6.07, 6.45) is 0.648. The van der Waals surface area contributed by atoms with Gasteiger partial charge in [0, 0.05) is 25.8 Å². The van der Waals surface area contributed by atoms with E-state index in [0.717, 1.165) is 5.56 Å². The standard InChI is InChI=1S/C25H26ClN3O5S/c1-17-8-3-5-10-21(17)29-35(32,33)23-16-18(12-13-20(23)26)24(30)28-22-11-6-4-9-19(22)25(31)27-14-7-15-34-2/h3-6,8-13,16,29H,7,14-15H2,1-2H3,(H,27,31)(H,28,30). The fourth-order valence-electron chi connectivity index (χ4n) is 3.24. The van der Waals surface area contributed by atoms with Crippen LogP contribution in [0.3, 0.4) is 0 Å². The lowest BCUT2D eigenvalue weighted by atomic mass is 10.1. The molecule has 3 N–H and O–H groups in total. The van der Waals surface area contributed by atoms with Crippen LogP contribution in [0, 0.1) is 6.92 Å². The molecule has 0 aliphatic carbocycles. The maximum absolute atomic E-state index is 13.0. The fourth-order valence-corrected chi connectivity index (χ4v) is 4.89. The van der Waals surface area contributed by atoms with Crippen molar-refractivity contribution >= 4 is 44.8 Å². The van der Waals surface area contributed by atoms with Gasteiger partial charge in [-0.05, 0) is 55.3 Å². The normalized spacial score (nSPS) is 11.1. The second kappa shape index (κ2) is 11.8. The summed E-state index contributed by atoms with van der Waals surface area (Å²) < 4.78 is 33.5. The van der Waals surface area contributed by atoms with Gasteiger partial charge in [-0.25, -0.2) is 8.42 Å². The highest BCUT2D eigenvalue weighted by molar-refractivity contribution is 7.92. The van der Waals surface area contributed by atoms with E-state index < -0.39 is 15.9 Å². The molecule has 0 bridgehead atoms. The molecule has 184 valence electrons. The molecule has 0 heterocycles. The fraction of sp³-hybridized carbons (Fsp3) is 0.200. The van der Waals surface area contributed by atoms with Crippen LogP contribution in [0.5, 0.6) is 0 Å². The lowest BCUT2D eigenvalue weighted by Crippen LogP contribution is -2.26. The van der Waals surface area contributed by atoms with Crippen molar-refractivity contribution < 1.29 is 22.7 Å². The summed E-state index contributed by atoms with van der Waals surface area (Å²) >= 11 is 6.18. The van der Waals surface area contributed by atoms with Crippen LogP contribution in [-0.2, 0) is 14.8 Å². The molecule has 3 aromatic rings. The lowest BCUT2D eigenvalue weighted by molar-refractivity contribution is 0.0949. The molecule has 0 unspecified atom stereocenters. The van der Waals surface area contributed by atoms with Crippen molar-refractivity contribution in [2.45, 2.75) is 18.2 Å². The second-order valence-corrected chi connectivity index (χ2v) is 9.73. The van der Waals surface area contributed by atoms with E-state index in [9.17, 15) is 18.0 Å². The first-order valence-corrected chi connectivity index (χ1v) is 12.6. The maximum Gasteiger partial charge on any atom is 0.263 e. The molecule has 8 nitrogen and oxygen atoms in total. The van der Waals surface area contributed by atoms with Gasteiger partial charge in [0.1, 0.15) is 4.90 Å². The zero-order valence-corrected chi connectivity index (χ0v) is 20.9. The molecule has 2 amide bonds. The molecule has 0 saturated heterocycles. The first-order chi connectivity index (χ1) is 16.7. The number of aryl methyl sites for hydroxylation is 1. The van der Waals surface area contributed by atoms with Crippen LogP contribution < -0.4 is 15.4 Å². The van der Waals surface area contributed by atoms with Crippen molar-refractivity contribution in [1.29, 1.82) is 0 Å². The summed E-state index contributed by atoms with van der Waals surface area (Å²) in [6, 6.07) is 17.4. The molecule has 10 heteroatoms. The predicted molar refractivity (Wildman–Crippen MR) is 137 cm³/mol. The third-order valence-electron chi connectivity index (χ3n) is 5.10. The predicted octanol–water partition coefficient (Wildman–Crippen LogP) is 4.47. The average Bonchev–Trinajstić information content (AvgIpc) is 2.83. The van der Waals surface area contributed by atoms with E-state index in [4.69, 9.17) is 16.3 Å². The topological polar surface area (TPSA) is 114 Å². The number of benzene rings is 3. The minimum atomic E-state index is -4.07. The van der Waals surface area contributed by atoms with Crippen LogP contribution in [0.4, 0.5) is 11.4 Å². The smallest absolute Gasteiger partial charge is 0.263 e. The quantitative estimate of drug-likeness (QED) is 0.345. The molecule has 3 rings (SSSR count). The van der Waals surface area contributed by atoms with E-state index in [0.29, 0.717) is 30.9 Å². The average molecular weight is 516 g/mol. The number of halogens is 1. The van der Waals surface area contributed by atoms with E-state index in [1.54, 1.807) is 62.6 Å². The summed E-state index contributed by atoms with van der Waals surface area (Å²) in [5.74, 6) is -0.938. The highest BCUT2D eigenvalue weighted by atomic mass is 35.5. The first-order valence-electron chi connectivity index (χ1n) is 10.8. The Morgan fingerprint density at radius 2 is 1.63 bits per heavy atom. The Bertz CT molecular complexity index is 1330. The van der Waals surface area contributed by atoms with Gasteiger partial charge in [-0.3, -0.25) is 14.3 Å². The maximum atomic E-state index is 13.0. The number of amides is 2. The lowest BCUT2D eigenvalue weighted by Gasteiger charge is -2.14.